The number of rotatable bonds is 20. The summed E-state index contributed by atoms with van der Waals surface area (Å²) in [7, 11) is 0. The minimum atomic E-state index is 0.908. The van der Waals surface area contributed by atoms with E-state index in [0.29, 0.717) is 0 Å². The van der Waals surface area contributed by atoms with Crippen LogP contribution in [-0.2, 0) is 0 Å². The molecule has 8 bridgehead atoms. The average molecular weight is 869 g/mol. The molecule has 5 heterocycles. The summed E-state index contributed by atoms with van der Waals surface area (Å²) in [5.41, 5.74) is 18.5. The minimum absolute atomic E-state index is 0.908. The first kappa shape index (κ1) is 44.3. The van der Waals surface area contributed by atoms with E-state index >= 15 is 0 Å². The molecule has 3 aromatic heterocycles. The van der Waals surface area contributed by atoms with Gasteiger partial charge in [-0.2, -0.15) is 0 Å². The van der Waals surface area contributed by atoms with Crippen molar-refractivity contribution in [2.45, 2.75) is 90.9 Å². The lowest BCUT2D eigenvalue weighted by atomic mass is 10.0. The third kappa shape index (κ3) is 10.4. The van der Waals surface area contributed by atoms with Crippen LogP contribution in [0, 0.1) is 0 Å². The Hall–Kier alpha value is -6.92. The number of anilines is 2. The van der Waals surface area contributed by atoms with E-state index in [1.54, 1.807) is 0 Å². The van der Waals surface area contributed by atoms with Crippen molar-refractivity contribution in [1.29, 1.82) is 0 Å². The zero-order valence-corrected chi connectivity index (χ0v) is 38.8. The monoisotopic (exact) mass is 869 g/mol. The number of fused-ring (bicyclic) bond motifs is 8. The molecule has 4 aromatic carbocycles. The summed E-state index contributed by atoms with van der Waals surface area (Å²) in [4.78, 5) is 18.8. The van der Waals surface area contributed by atoms with Gasteiger partial charge in [-0.3, -0.25) is 0 Å². The second-order valence-electron chi connectivity index (χ2n) is 17.8. The maximum atomic E-state index is 5.54. The fourth-order valence-electron chi connectivity index (χ4n) is 9.42. The maximum absolute atomic E-state index is 5.54. The summed E-state index contributed by atoms with van der Waals surface area (Å²) < 4.78 is 0. The van der Waals surface area contributed by atoms with Gasteiger partial charge >= 0.3 is 0 Å². The molecular weight excluding hydrogens is 805 g/mol. The van der Waals surface area contributed by atoms with Crippen molar-refractivity contribution in [3.05, 3.63) is 156 Å². The van der Waals surface area contributed by atoms with Crippen LogP contribution in [0.5, 0.6) is 0 Å². The lowest BCUT2D eigenvalue weighted by molar-refractivity contribution is 0.617. The van der Waals surface area contributed by atoms with Crippen LogP contribution in [0.1, 0.15) is 114 Å². The Balaban J connectivity index is 1.20. The van der Waals surface area contributed by atoms with Gasteiger partial charge in [0.2, 0.25) is 0 Å². The van der Waals surface area contributed by atoms with Crippen molar-refractivity contribution in [3.8, 4) is 44.5 Å². The highest BCUT2D eigenvalue weighted by molar-refractivity contribution is 6.00. The van der Waals surface area contributed by atoms with Crippen LogP contribution in [-0.4, -0.2) is 33.0 Å². The number of hydrogen-bond donors (Lipinski definition) is 4. The Morgan fingerprint density at radius 2 is 0.636 bits per heavy atom. The highest BCUT2D eigenvalue weighted by atomic mass is 14.9. The maximum Gasteiger partial charge on any atom is 0.0737 e. The van der Waals surface area contributed by atoms with Crippen LogP contribution >= 0.6 is 0 Å². The number of nitrogens with one attached hydrogen (secondary N) is 4. The molecule has 66 heavy (non-hydrogen) atoms. The SMILES string of the molecule is CCCCCCCCNc1ccc(-c2c3nc(c(-c4ccc(NCCCCCCCC)cc4)c4ccc([nH]4)c(-c4ccccc4)c4nc(c(-c5ccccc5)c5ccc2[nH]5)C=C4)C=C3)cc1. The van der Waals surface area contributed by atoms with Crippen LogP contribution in [0.4, 0.5) is 11.4 Å². The molecule has 0 unspecified atom stereocenters. The highest BCUT2D eigenvalue weighted by Gasteiger charge is 2.19. The van der Waals surface area contributed by atoms with Gasteiger partial charge in [0.1, 0.15) is 0 Å². The molecule has 6 heteroatoms. The van der Waals surface area contributed by atoms with E-state index in [2.05, 4.69) is 192 Å². The van der Waals surface area contributed by atoms with Gasteiger partial charge in [-0.15, -0.1) is 0 Å². The lowest BCUT2D eigenvalue weighted by Gasteiger charge is -2.10. The Bertz CT molecular complexity index is 2720. The molecule has 0 aliphatic carbocycles. The first-order valence-electron chi connectivity index (χ1n) is 24.6. The van der Waals surface area contributed by atoms with Gasteiger partial charge in [0.05, 0.1) is 22.8 Å². The summed E-state index contributed by atoms with van der Waals surface area (Å²) in [6.07, 6.45) is 24.1. The fourth-order valence-corrected chi connectivity index (χ4v) is 9.42. The van der Waals surface area contributed by atoms with E-state index in [1.807, 2.05) is 0 Å². The molecule has 2 aliphatic heterocycles. The third-order valence-electron chi connectivity index (χ3n) is 12.9. The van der Waals surface area contributed by atoms with Gasteiger partial charge in [0, 0.05) is 68.8 Å². The molecule has 4 N–H and O–H groups in total. The van der Waals surface area contributed by atoms with Crippen LogP contribution < -0.4 is 10.6 Å². The molecule has 0 amide bonds. The highest BCUT2D eigenvalue weighted by Crippen LogP contribution is 2.39. The summed E-state index contributed by atoms with van der Waals surface area (Å²) in [6, 6.07) is 47.8. The number of benzene rings is 4. The van der Waals surface area contributed by atoms with Crippen molar-refractivity contribution in [1.82, 2.24) is 19.9 Å². The number of H-pyrrole nitrogens is 2. The predicted molar refractivity (Wildman–Crippen MR) is 284 cm³/mol. The molecule has 7 aromatic rings. The number of aromatic amines is 2. The first-order chi connectivity index (χ1) is 32.7. The molecular formula is C60H64N6. The average Bonchev–Trinajstić information content (AvgIpc) is 4.21. The fraction of sp³-hybridized carbons (Fsp3) is 0.267. The van der Waals surface area contributed by atoms with E-state index in [1.165, 1.54) is 77.0 Å². The number of aromatic nitrogens is 4. The number of unbranched alkanes of at least 4 members (excludes halogenated alkanes) is 10. The van der Waals surface area contributed by atoms with Gasteiger partial charge in [0.15, 0.2) is 0 Å². The molecule has 0 radical (unpaired) electrons. The van der Waals surface area contributed by atoms with Crippen LogP contribution in [0.15, 0.2) is 133 Å². The Morgan fingerprint density at radius 3 is 0.970 bits per heavy atom. The van der Waals surface area contributed by atoms with Crippen molar-refractivity contribution >= 4 is 57.7 Å². The zero-order valence-electron chi connectivity index (χ0n) is 38.8. The standard InChI is InChI=1S/C60H64N6/c1-3-5-7-9-11-19-41-61-47-29-25-45(26-30-47)59-53-37-35-51(64-53)57(43-21-15-13-16-22-43)49-33-34-50(63-49)58(44-23-17-14-18-24-44)52-36-38-54(65-52)60(56-40-39-55(59)66-56)46-27-31-48(32-28-46)62-42-20-12-10-8-6-4-2/h13-18,21-40,61-62,64-65H,3-12,19-20,41-42H2,1-2H3. The summed E-state index contributed by atoms with van der Waals surface area (Å²) in [5, 5.41) is 7.36. The Kier molecular flexibility index (Phi) is 14.7. The third-order valence-corrected chi connectivity index (χ3v) is 12.9. The van der Waals surface area contributed by atoms with Crippen molar-refractivity contribution < 1.29 is 0 Å². The van der Waals surface area contributed by atoms with Gasteiger partial charge in [0.25, 0.3) is 0 Å². The molecule has 2 aliphatic rings. The second-order valence-corrected chi connectivity index (χ2v) is 17.8. The number of hydrogen-bond acceptors (Lipinski definition) is 4. The second kappa shape index (κ2) is 21.8. The van der Waals surface area contributed by atoms with Crippen molar-refractivity contribution in [3.63, 3.8) is 0 Å². The van der Waals surface area contributed by atoms with Gasteiger partial charge in [-0.05, 0) is 108 Å². The largest absolute Gasteiger partial charge is 0.385 e. The molecule has 6 nitrogen and oxygen atoms in total. The quantitative estimate of drug-likeness (QED) is 0.0575. The van der Waals surface area contributed by atoms with Crippen LogP contribution in [0.25, 0.3) is 90.9 Å². The van der Waals surface area contributed by atoms with Crippen LogP contribution in [0.2, 0.25) is 0 Å². The zero-order chi connectivity index (χ0) is 44.9. The van der Waals surface area contributed by atoms with Gasteiger partial charge < -0.3 is 20.6 Å². The van der Waals surface area contributed by atoms with E-state index < -0.39 is 0 Å². The normalized spacial score (nSPS) is 11.9. The minimum Gasteiger partial charge on any atom is -0.385 e. The van der Waals surface area contributed by atoms with Gasteiger partial charge in [-0.25, -0.2) is 9.97 Å². The molecule has 0 atom stereocenters. The Labute approximate surface area is 391 Å². The Morgan fingerprint density at radius 1 is 0.333 bits per heavy atom. The molecule has 0 saturated carbocycles. The van der Waals surface area contributed by atoms with Crippen molar-refractivity contribution in [2.24, 2.45) is 0 Å². The van der Waals surface area contributed by atoms with E-state index in [9.17, 15) is 0 Å². The van der Waals surface area contributed by atoms with Crippen molar-refractivity contribution in [2.75, 3.05) is 23.7 Å². The molecule has 0 saturated heterocycles. The van der Waals surface area contributed by atoms with Gasteiger partial charge in [-0.1, -0.05) is 163 Å². The van der Waals surface area contributed by atoms with E-state index in [0.717, 1.165) is 114 Å². The summed E-state index contributed by atoms with van der Waals surface area (Å²) >= 11 is 0. The summed E-state index contributed by atoms with van der Waals surface area (Å²) in [6.45, 7) is 6.50. The molecule has 334 valence electrons. The topological polar surface area (TPSA) is 81.4 Å². The van der Waals surface area contributed by atoms with Crippen LogP contribution in [0.3, 0.4) is 0 Å². The molecule has 9 rings (SSSR count). The lowest BCUT2D eigenvalue weighted by Crippen LogP contribution is -2.01. The van der Waals surface area contributed by atoms with E-state index in [-0.39, 0.29) is 0 Å². The molecule has 0 spiro atoms. The predicted octanol–water partition coefficient (Wildman–Crippen LogP) is 16.9. The number of nitrogens with zero attached hydrogens (tertiary/aromatic N) is 2. The molecule has 0 fully saturated rings. The van der Waals surface area contributed by atoms with E-state index in [4.69, 9.17) is 9.97 Å². The summed E-state index contributed by atoms with van der Waals surface area (Å²) in [5.74, 6) is 0. The smallest absolute Gasteiger partial charge is 0.0737 e. The first-order valence-corrected chi connectivity index (χ1v) is 24.6.